The number of fused-ring (bicyclic) bond motifs is 1. The van der Waals surface area contributed by atoms with Gasteiger partial charge in [-0.15, -0.1) is 0 Å². The number of imidazole rings is 1. The molecule has 3 nitrogen and oxygen atoms in total. The van der Waals surface area contributed by atoms with Gasteiger partial charge in [-0.1, -0.05) is 6.92 Å². The molecule has 0 saturated carbocycles. The summed E-state index contributed by atoms with van der Waals surface area (Å²) in [6.07, 6.45) is 5.35. The van der Waals surface area contributed by atoms with Gasteiger partial charge in [0, 0.05) is 16.9 Å². The molecule has 0 bridgehead atoms. The third-order valence-corrected chi connectivity index (χ3v) is 3.61. The highest BCUT2D eigenvalue weighted by molar-refractivity contribution is 9.10. The van der Waals surface area contributed by atoms with Crippen LogP contribution in [0.1, 0.15) is 25.1 Å². The average Bonchev–Trinajstić information content (AvgIpc) is 2.83. The molecule has 1 aliphatic rings. The summed E-state index contributed by atoms with van der Waals surface area (Å²) in [6, 6.07) is 4.48. The van der Waals surface area contributed by atoms with E-state index in [0.717, 1.165) is 28.3 Å². The Morgan fingerprint density at radius 1 is 1.44 bits per heavy atom. The van der Waals surface area contributed by atoms with Crippen molar-refractivity contribution in [3.05, 3.63) is 34.7 Å². The van der Waals surface area contributed by atoms with Crippen LogP contribution in [0.4, 0.5) is 0 Å². The van der Waals surface area contributed by atoms with Crippen LogP contribution < -0.4 is 5.32 Å². The summed E-state index contributed by atoms with van der Waals surface area (Å²) in [5, 5.41) is 3.51. The van der Waals surface area contributed by atoms with Crippen molar-refractivity contribution in [1.82, 2.24) is 14.7 Å². The maximum absolute atomic E-state index is 4.65. The Kier molecular flexibility index (Phi) is 2.48. The van der Waals surface area contributed by atoms with Crippen LogP contribution >= 0.6 is 15.9 Å². The van der Waals surface area contributed by atoms with Crippen LogP contribution in [0, 0.1) is 5.92 Å². The molecule has 4 heteroatoms. The van der Waals surface area contributed by atoms with Crippen LogP contribution in [-0.2, 0) is 0 Å². The number of nitrogens with zero attached hydrogens (tertiary/aromatic N) is 2. The van der Waals surface area contributed by atoms with Crippen molar-refractivity contribution in [3.8, 4) is 0 Å². The summed E-state index contributed by atoms with van der Waals surface area (Å²) in [6.45, 7) is 3.38. The van der Waals surface area contributed by atoms with Crippen molar-refractivity contribution >= 4 is 21.6 Å². The number of rotatable bonds is 1. The molecule has 2 aromatic heterocycles. The number of hydrogen-bond donors (Lipinski definition) is 1. The van der Waals surface area contributed by atoms with Gasteiger partial charge in [0.2, 0.25) is 0 Å². The van der Waals surface area contributed by atoms with E-state index in [-0.39, 0.29) is 0 Å². The van der Waals surface area contributed by atoms with E-state index in [4.69, 9.17) is 0 Å². The molecular formula is C12H14BrN3. The minimum atomic E-state index is 0.425. The molecule has 2 aromatic rings. The number of nitrogens with one attached hydrogen (secondary N) is 1. The molecule has 1 N–H and O–H groups in total. The monoisotopic (exact) mass is 279 g/mol. The maximum Gasteiger partial charge on any atom is 0.137 e. The van der Waals surface area contributed by atoms with E-state index in [2.05, 4.69) is 43.8 Å². The zero-order valence-electron chi connectivity index (χ0n) is 9.15. The Labute approximate surface area is 103 Å². The molecule has 1 aliphatic heterocycles. The van der Waals surface area contributed by atoms with E-state index in [1.807, 2.05) is 18.3 Å². The van der Waals surface area contributed by atoms with E-state index in [9.17, 15) is 0 Å². The van der Waals surface area contributed by atoms with Crippen molar-refractivity contribution in [2.75, 3.05) is 6.54 Å². The second-order valence-corrected chi connectivity index (χ2v) is 5.50. The number of aromatic nitrogens is 2. The van der Waals surface area contributed by atoms with Gasteiger partial charge in [0.1, 0.15) is 5.65 Å². The fourth-order valence-electron chi connectivity index (χ4n) is 2.29. The van der Waals surface area contributed by atoms with Crippen LogP contribution in [0.3, 0.4) is 0 Å². The Balaban J connectivity index is 1.99. The summed E-state index contributed by atoms with van der Waals surface area (Å²) in [5.41, 5.74) is 2.17. The first kappa shape index (κ1) is 10.3. The lowest BCUT2D eigenvalue weighted by molar-refractivity contribution is 0.602. The Hall–Kier alpha value is -0.870. The molecule has 0 aromatic carbocycles. The summed E-state index contributed by atoms with van der Waals surface area (Å²) in [7, 11) is 0. The van der Waals surface area contributed by atoms with Crippen LogP contribution in [0.25, 0.3) is 5.65 Å². The zero-order chi connectivity index (χ0) is 11.1. The highest BCUT2D eigenvalue weighted by Gasteiger charge is 2.23. The van der Waals surface area contributed by atoms with Crippen LogP contribution in [-0.4, -0.2) is 15.9 Å². The third kappa shape index (κ3) is 1.76. The standard InChI is InChI=1S/C12H14BrN3/c1-8-4-10(14-5-8)11-7-16-6-9(13)2-3-12(16)15-11/h2-3,6-8,10,14H,4-5H2,1H3. The number of pyridine rings is 1. The van der Waals surface area contributed by atoms with Gasteiger partial charge in [-0.2, -0.15) is 0 Å². The Bertz CT molecular complexity index is 520. The first-order chi connectivity index (χ1) is 7.72. The van der Waals surface area contributed by atoms with Gasteiger partial charge in [0.05, 0.1) is 11.7 Å². The molecule has 1 fully saturated rings. The summed E-state index contributed by atoms with van der Waals surface area (Å²) >= 11 is 3.47. The van der Waals surface area contributed by atoms with Gasteiger partial charge in [0.25, 0.3) is 0 Å². The SMILES string of the molecule is CC1CNC(c2cn3cc(Br)ccc3n2)C1. The van der Waals surface area contributed by atoms with Crippen molar-refractivity contribution in [2.24, 2.45) is 5.92 Å². The van der Waals surface area contributed by atoms with Crippen LogP contribution in [0.15, 0.2) is 29.0 Å². The zero-order valence-corrected chi connectivity index (χ0v) is 10.7. The van der Waals surface area contributed by atoms with Gasteiger partial charge >= 0.3 is 0 Å². The lowest BCUT2D eigenvalue weighted by atomic mass is 10.1. The maximum atomic E-state index is 4.65. The molecule has 2 atom stereocenters. The van der Waals surface area contributed by atoms with Gasteiger partial charge in [-0.05, 0) is 46.9 Å². The minimum absolute atomic E-state index is 0.425. The molecular weight excluding hydrogens is 266 g/mol. The Morgan fingerprint density at radius 3 is 3.06 bits per heavy atom. The molecule has 0 radical (unpaired) electrons. The van der Waals surface area contributed by atoms with Gasteiger partial charge < -0.3 is 9.72 Å². The lowest BCUT2D eigenvalue weighted by Crippen LogP contribution is -2.13. The first-order valence-electron chi connectivity index (χ1n) is 5.60. The first-order valence-corrected chi connectivity index (χ1v) is 6.39. The fraction of sp³-hybridized carbons (Fsp3) is 0.417. The summed E-state index contributed by atoms with van der Waals surface area (Å²) in [4.78, 5) is 4.65. The largest absolute Gasteiger partial charge is 0.308 e. The van der Waals surface area contributed by atoms with E-state index in [1.165, 1.54) is 6.42 Å². The normalized spacial score (nSPS) is 25.4. The van der Waals surface area contributed by atoms with Crippen LogP contribution in [0.2, 0.25) is 0 Å². The van der Waals surface area contributed by atoms with Crippen molar-refractivity contribution in [2.45, 2.75) is 19.4 Å². The number of hydrogen-bond acceptors (Lipinski definition) is 2. The smallest absolute Gasteiger partial charge is 0.137 e. The second-order valence-electron chi connectivity index (χ2n) is 4.58. The van der Waals surface area contributed by atoms with E-state index in [0.29, 0.717) is 6.04 Å². The van der Waals surface area contributed by atoms with E-state index < -0.39 is 0 Å². The molecule has 16 heavy (non-hydrogen) atoms. The fourth-order valence-corrected chi connectivity index (χ4v) is 2.64. The predicted molar refractivity (Wildman–Crippen MR) is 67.4 cm³/mol. The minimum Gasteiger partial charge on any atom is -0.308 e. The van der Waals surface area contributed by atoms with Gasteiger partial charge in [-0.25, -0.2) is 4.98 Å². The summed E-state index contributed by atoms with van der Waals surface area (Å²) < 4.78 is 3.15. The average molecular weight is 280 g/mol. The molecule has 1 saturated heterocycles. The van der Waals surface area contributed by atoms with Gasteiger partial charge in [0.15, 0.2) is 0 Å². The lowest BCUT2D eigenvalue weighted by Gasteiger charge is -2.04. The number of halogens is 1. The van der Waals surface area contributed by atoms with Crippen molar-refractivity contribution in [1.29, 1.82) is 0 Å². The molecule has 0 spiro atoms. The van der Waals surface area contributed by atoms with Crippen LogP contribution in [0.5, 0.6) is 0 Å². The van der Waals surface area contributed by atoms with E-state index in [1.54, 1.807) is 0 Å². The highest BCUT2D eigenvalue weighted by Crippen LogP contribution is 2.26. The third-order valence-electron chi connectivity index (χ3n) is 3.14. The predicted octanol–water partition coefficient (Wildman–Crippen LogP) is 2.77. The van der Waals surface area contributed by atoms with Crippen molar-refractivity contribution < 1.29 is 0 Å². The Morgan fingerprint density at radius 2 is 2.31 bits per heavy atom. The molecule has 3 heterocycles. The molecule has 3 rings (SSSR count). The summed E-state index contributed by atoms with van der Waals surface area (Å²) in [5.74, 6) is 0.751. The van der Waals surface area contributed by atoms with E-state index >= 15 is 0 Å². The highest BCUT2D eigenvalue weighted by atomic mass is 79.9. The molecule has 2 unspecified atom stereocenters. The molecule has 0 amide bonds. The van der Waals surface area contributed by atoms with Crippen molar-refractivity contribution in [3.63, 3.8) is 0 Å². The second kappa shape index (κ2) is 3.86. The van der Waals surface area contributed by atoms with Gasteiger partial charge in [-0.3, -0.25) is 0 Å². The quantitative estimate of drug-likeness (QED) is 0.870. The molecule has 84 valence electrons. The molecule has 0 aliphatic carbocycles. The topological polar surface area (TPSA) is 29.3 Å².